The Labute approximate surface area is 189 Å². The second-order valence-electron chi connectivity index (χ2n) is 8.60. The van der Waals surface area contributed by atoms with Gasteiger partial charge in [-0.2, -0.15) is 0 Å². The predicted octanol–water partition coefficient (Wildman–Crippen LogP) is 5.86. The lowest BCUT2D eigenvalue weighted by Crippen LogP contribution is -2.15. The maximum absolute atomic E-state index is 12.8. The number of carbonyl (C=O) groups excluding carboxylic acids is 1. The van der Waals surface area contributed by atoms with E-state index >= 15 is 0 Å². The highest BCUT2D eigenvalue weighted by Crippen LogP contribution is 2.34. The molecule has 0 aliphatic rings. The highest BCUT2D eigenvalue weighted by atomic mass is 16.6. The Morgan fingerprint density at radius 3 is 2.22 bits per heavy atom. The van der Waals surface area contributed by atoms with E-state index in [0.29, 0.717) is 41.5 Å². The first kappa shape index (κ1) is 23.3. The van der Waals surface area contributed by atoms with Crippen molar-refractivity contribution in [2.24, 2.45) is 0 Å². The largest absolute Gasteiger partial charge is 0.490 e. The summed E-state index contributed by atoms with van der Waals surface area (Å²) < 4.78 is 16.6. The van der Waals surface area contributed by atoms with E-state index < -0.39 is 0 Å². The quantitative estimate of drug-likeness (QED) is 0.451. The molecule has 0 radical (unpaired) electrons. The number of hydrogen-bond donors (Lipinski definition) is 1. The van der Waals surface area contributed by atoms with E-state index in [1.165, 1.54) is 0 Å². The average Bonchev–Trinajstić information content (AvgIpc) is 3.24. The van der Waals surface area contributed by atoms with Crippen LogP contribution in [0.1, 0.15) is 63.4 Å². The molecule has 0 saturated carbocycles. The van der Waals surface area contributed by atoms with Crippen molar-refractivity contribution < 1.29 is 18.9 Å². The van der Waals surface area contributed by atoms with Gasteiger partial charge in [0.1, 0.15) is 0 Å². The van der Waals surface area contributed by atoms with Crippen LogP contribution in [-0.2, 0) is 5.41 Å². The molecular formula is C25H31N3O4. The summed E-state index contributed by atoms with van der Waals surface area (Å²) in [5.41, 5.74) is 2.83. The lowest BCUT2D eigenvalue weighted by Gasteiger charge is -2.19. The number of rotatable bonds is 9. The second kappa shape index (κ2) is 10.3. The zero-order chi connectivity index (χ0) is 23.1. The Bertz CT molecular complexity index is 1040. The van der Waals surface area contributed by atoms with Crippen LogP contribution in [0.2, 0.25) is 0 Å². The van der Waals surface area contributed by atoms with Gasteiger partial charge in [-0.05, 0) is 64.5 Å². The van der Waals surface area contributed by atoms with Gasteiger partial charge >= 0.3 is 0 Å². The number of nitrogens with zero attached hydrogens (tertiary/aromatic N) is 2. The van der Waals surface area contributed by atoms with Crippen LogP contribution >= 0.6 is 0 Å². The van der Waals surface area contributed by atoms with E-state index in [1.54, 1.807) is 12.1 Å². The standard InChI is InChI=1S/C25H31N3O4/c1-6-14-30-20-13-10-18(16-21(20)31-15-7-2)22-23(28-32-27-22)26-24(29)17-8-11-19(12-9-17)25(3,4)5/h8-13,16H,6-7,14-15H2,1-5H3,(H,26,28,29). The third-order valence-corrected chi connectivity index (χ3v) is 4.87. The van der Waals surface area contributed by atoms with E-state index in [2.05, 4.69) is 36.4 Å². The van der Waals surface area contributed by atoms with E-state index in [9.17, 15) is 4.79 Å². The average molecular weight is 438 g/mol. The Hall–Kier alpha value is -3.35. The number of hydrogen-bond acceptors (Lipinski definition) is 6. The molecule has 0 atom stereocenters. The summed E-state index contributed by atoms with van der Waals surface area (Å²) in [4.78, 5) is 12.8. The van der Waals surface area contributed by atoms with E-state index in [0.717, 1.165) is 18.4 Å². The SMILES string of the molecule is CCCOc1ccc(-c2nonc2NC(=O)c2ccc(C(C)(C)C)cc2)cc1OCCC. The van der Waals surface area contributed by atoms with Crippen LogP contribution in [-0.4, -0.2) is 29.4 Å². The smallest absolute Gasteiger partial charge is 0.256 e. The topological polar surface area (TPSA) is 86.5 Å². The minimum Gasteiger partial charge on any atom is -0.490 e. The zero-order valence-electron chi connectivity index (χ0n) is 19.4. The van der Waals surface area contributed by atoms with Gasteiger partial charge in [-0.1, -0.05) is 46.8 Å². The molecule has 7 nitrogen and oxygen atoms in total. The van der Waals surface area contributed by atoms with Crippen LogP contribution in [0.25, 0.3) is 11.3 Å². The van der Waals surface area contributed by atoms with E-state index in [1.807, 2.05) is 44.2 Å². The first-order valence-corrected chi connectivity index (χ1v) is 11.0. The van der Waals surface area contributed by atoms with Gasteiger partial charge in [0, 0.05) is 11.1 Å². The Morgan fingerprint density at radius 1 is 0.938 bits per heavy atom. The van der Waals surface area contributed by atoms with Crippen molar-refractivity contribution in [3.63, 3.8) is 0 Å². The maximum Gasteiger partial charge on any atom is 0.256 e. The van der Waals surface area contributed by atoms with Crippen LogP contribution in [0.15, 0.2) is 47.1 Å². The summed E-state index contributed by atoms with van der Waals surface area (Å²) in [5, 5.41) is 10.7. The van der Waals surface area contributed by atoms with Crippen molar-refractivity contribution in [1.82, 2.24) is 10.3 Å². The molecule has 1 aromatic heterocycles. The molecule has 32 heavy (non-hydrogen) atoms. The Kier molecular flexibility index (Phi) is 7.51. The molecule has 0 aliphatic heterocycles. The molecule has 2 aromatic carbocycles. The molecule has 7 heteroatoms. The predicted molar refractivity (Wildman–Crippen MR) is 124 cm³/mol. The fourth-order valence-corrected chi connectivity index (χ4v) is 3.07. The summed E-state index contributed by atoms with van der Waals surface area (Å²) in [7, 11) is 0. The third kappa shape index (κ3) is 5.66. The number of anilines is 1. The van der Waals surface area contributed by atoms with Gasteiger partial charge in [0.05, 0.1) is 13.2 Å². The lowest BCUT2D eigenvalue weighted by atomic mass is 9.87. The summed E-state index contributed by atoms with van der Waals surface area (Å²) in [6, 6.07) is 13.0. The van der Waals surface area contributed by atoms with Crippen LogP contribution in [0.5, 0.6) is 11.5 Å². The molecule has 0 aliphatic carbocycles. The molecule has 170 valence electrons. The van der Waals surface area contributed by atoms with Crippen molar-refractivity contribution in [3.8, 4) is 22.8 Å². The molecule has 3 aromatic rings. The van der Waals surface area contributed by atoms with E-state index in [-0.39, 0.29) is 17.1 Å². The Morgan fingerprint density at radius 2 is 1.59 bits per heavy atom. The number of ether oxygens (including phenoxy) is 2. The first-order valence-electron chi connectivity index (χ1n) is 11.0. The van der Waals surface area contributed by atoms with Crippen molar-refractivity contribution in [3.05, 3.63) is 53.6 Å². The molecule has 0 unspecified atom stereocenters. The summed E-state index contributed by atoms with van der Waals surface area (Å²) in [5.74, 6) is 1.26. The highest BCUT2D eigenvalue weighted by molar-refractivity contribution is 6.05. The minimum atomic E-state index is -0.284. The highest BCUT2D eigenvalue weighted by Gasteiger charge is 2.19. The van der Waals surface area contributed by atoms with Gasteiger partial charge in [-0.25, -0.2) is 4.63 Å². The van der Waals surface area contributed by atoms with Crippen molar-refractivity contribution in [2.75, 3.05) is 18.5 Å². The zero-order valence-corrected chi connectivity index (χ0v) is 19.4. The minimum absolute atomic E-state index is 0.0166. The molecule has 0 spiro atoms. The fourth-order valence-electron chi connectivity index (χ4n) is 3.07. The number of carbonyl (C=O) groups is 1. The molecular weight excluding hydrogens is 406 g/mol. The molecule has 0 bridgehead atoms. The molecule has 0 fully saturated rings. The molecule has 1 amide bonds. The first-order chi connectivity index (χ1) is 15.3. The van der Waals surface area contributed by atoms with Crippen molar-refractivity contribution in [1.29, 1.82) is 0 Å². The van der Waals surface area contributed by atoms with Gasteiger partial charge in [-0.3, -0.25) is 4.79 Å². The summed E-state index contributed by atoms with van der Waals surface area (Å²) >= 11 is 0. The van der Waals surface area contributed by atoms with Gasteiger partial charge in [0.25, 0.3) is 5.91 Å². The molecule has 1 heterocycles. The molecule has 0 saturated heterocycles. The maximum atomic E-state index is 12.8. The van der Waals surface area contributed by atoms with E-state index in [4.69, 9.17) is 14.1 Å². The number of nitrogens with one attached hydrogen (secondary N) is 1. The van der Waals surface area contributed by atoms with Crippen molar-refractivity contribution in [2.45, 2.75) is 52.9 Å². The normalized spacial score (nSPS) is 11.3. The number of benzene rings is 2. The van der Waals surface area contributed by atoms with Gasteiger partial charge in [0.15, 0.2) is 17.2 Å². The molecule has 3 rings (SSSR count). The fraction of sp³-hybridized carbons (Fsp3) is 0.400. The monoisotopic (exact) mass is 437 g/mol. The van der Waals surface area contributed by atoms with Crippen LogP contribution in [0.3, 0.4) is 0 Å². The van der Waals surface area contributed by atoms with Gasteiger partial charge in [0.2, 0.25) is 5.82 Å². The molecule has 1 N–H and O–H groups in total. The lowest BCUT2D eigenvalue weighted by molar-refractivity contribution is 0.102. The third-order valence-electron chi connectivity index (χ3n) is 4.87. The van der Waals surface area contributed by atoms with Gasteiger partial charge < -0.3 is 14.8 Å². The second-order valence-corrected chi connectivity index (χ2v) is 8.60. The summed E-state index contributed by atoms with van der Waals surface area (Å²) in [6.45, 7) is 11.7. The van der Waals surface area contributed by atoms with Crippen LogP contribution < -0.4 is 14.8 Å². The number of amides is 1. The number of aromatic nitrogens is 2. The van der Waals surface area contributed by atoms with Gasteiger partial charge in [-0.15, -0.1) is 0 Å². The Balaban J connectivity index is 1.82. The van der Waals surface area contributed by atoms with Crippen LogP contribution in [0.4, 0.5) is 5.82 Å². The van der Waals surface area contributed by atoms with Crippen LogP contribution in [0, 0.1) is 0 Å². The van der Waals surface area contributed by atoms with Crippen molar-refractivity contribution >= 4 is 11.7 Å². The summed E-state index contributed by atoms with van der Waals surface area (Å²) in [6.07, 6.45) is 1.77.